The summed E-state index contributed by atoms with van der Waals surface area (Å²) >= 11 is 7.33. The topological polar surface area (TPSA) is 98.9 Å². The van der Waals surface area contributed by atoms with Crippen molar-refractivity contribution in [3.63, 3.8) is 0 Å². The normalized spacial score (nSPS) is 11.6. The number of nitrogens with zero attached hydrogens (tertiary/aromatic N) is 3. The maximum atomic E-state index is 11.7. The minimum Gasteiger partial charge on any atom is -0.480 e. The summed E-state index contributed by atoms with van der Waals surface area (Å²) in [6.45, 7) is 2.15. The third-order valence-electron chi connectivity index (χ3n) is 5.27. The summed E-state index contributed by atoms with van der Waals surface area (Å²) in [5.74, 6) is -0.363. The van der Waals surface area contributed by atoms with Crippen molar-refractivity contribution in [3.8, 4) is 17.2 Å². The molecule has 0 saturated carbocycles. The molecule has 0 radical (unpaired) electrons. The fourth-order valence-corrected chi connectivity index (χ4v) is 4.61. The van der Waals surface area contributed by atoms with Crippen LogP contribution in [0.15, 0.2) is 59.8 Å². The van der Waals surface area contributed by atoms with Crippen LogP contribution in [0.25, 0.3) is 11.1 Å². The average molecular weight is 495 g/mol. The summed E-state index contributed by atoms with van der Waals surface area (Å²) in [6, 6.07) is 18.9. The maximum Gasteiger partial charge on any atom is 0.317 e. The molecule has 0 aliphatic heterocycles. The number of anilines is 2. The van der Waals surface area contributed by atoms with Crippen molar-refractivity contribution in [2.45, 2.75) is 55.9 Å². The largest absolute Gasteiger partial charge is 0.480 e. The second-order valence-electron chi connectivity index (χ2n) is 7.90. The van der Waals surface area contributed by atoms with Gasteiger partial charge in [-0.05, 0) is 41.8 Å². The lowest BCUT2D eigenvalue weighted by atomic mass is 10.0. The maximum absolute atomic E-state index is 11.7. The van der Waals surface area contributed by atoms with Crippen molar-refractivity contribution in [1.82, 2.24) is 9.97 Å². The second kappa shape index (κ2) is 13.0. The molecule has 1 unspecified atom stereocenters. The van der Waals surface area contributed by atoms with Crippen LogP contribution < -0.4 is 5.32 Å². The van der Waals surface area contributed by atoms with E-state index in [9.17, 15) is 9.90 Å². The molecule has 3 aromatic rings. The SMILES string of the molecule is CCCCCCCC(Sc1nc(Cl)cc(Nc2ccc(-c3ccc(C#N)cc3)cc2)n1)C(=O)O. The molecule has 1 aromatic heterocycles. The van der Waals surface area contributed by atoms with E-state index in [4.69, 9.17) is 16.9 Å². The van der Waals surface area contributed by atoms with Gasteiger partial charge in [-0.2, -0.15) is 5.26 Å². The molecule has 0 saturated heterocycles. The molecule has 2 aromatic carbocycles. The molecule has 0 fully saturated rings. The lowest BCUT2D eigenvalue weighted by molar-refractivity contribution is -0.136. The molecule has 6 nitrogen and oxygen atoms in total. The predicted molar refractivity (Wildman–Crippen MR) is 138 cm³/mol. The Morgan fingerprint density at radius 2 is 1.71 bits per heavy atom. The van der Waals surface area contributed by atoms with Crippen LogP contribution in [0, 0.1) is 11.3 Å². The number of nitriles is 1. The summed E-state index contributed by atoms with van der Waals surface area (Å²) in [6.07, 6.45) is 5.91. The van der Waals surface area contributed by atoms with Crippen molar-refractivity contribution in [3.05, 3.63) is 65.3 Å². The average Bonchev–Trinajstić information content (AvgIpc) is 2.83. The molecule has 2 N–H and O–H groups in total. The zero-order valence-corrected chi connectivity index (χ0v) is 20.6. The zero-order valence-electron chi connectivity index (χ0n) is 19.0. The van der Waals surface area contributed by atoms with E-state index in [0.29, 0.717) is 23.0 Å². The van der Waals surface area contributed by atoms with Crippen LogP contribution in [0.5, 0.6) is 0 Å². The Labute approximate surface area is 209 Å². The van der Waals surface area contributed by atoms with E-state index in [0.717, 1.165) is 54.3 Å². The van der Waals surface area contributed by atoms with Crippen LogP contribution in [0.1, 0.15) is 51.0 Å². The van der Waals surface area contributed by atoms with Crippen molar-refractivity contribution in [2.75, 3.05) is 5.32 Å². The number of aromatic nitrogens is 2. The lowest BCUT2D eigenvalue weighted by Crippen LogP contribution is -2.17. The summed E-state index contributed by atoms with van der Waals surface area (Å²) in [4.78, 5) is 20.4. The smallest absolute Gasteiger partial charge is 0.317 e. The molecule has 8 heteroatoms. The molecule has 1 atom stereocenters. The summed E-state index contributed by atoms with van der Waals surface area (Å²) in [5, 5.41) is 21.8. The van der Waals surface area contributed by atoms with Crippen molar-refractivity contribution in [1.29, 1.82) is 5.26 Å². The minimum atomic E-state index is -0.864. The van der Waals surface area contributed by atoms with Crippen LogP contribution in [-0.4, -0.2) is 26.3 Å². The van der Waals surface area contributed by atoms with E-state index in [1.165, 1.54) is 6.42 Å². The first-order valence-corrected chi connectivity index (χ1v) is 12.6. The number of carboxylic acids is 1. The number of halogens is 1. The molecule has 0 amide bonds. The standard InChI is InChI=1S/C26H27ClN4O2S/c1-2-3-4-5-6-7-22(25(32)33)34-26-30-23(27)16-24(31-26)29-21-14-12-20(13-15-21)19-10-8-18(17-28)9-11-19/h8-16,22H,2-7H2,1H3,(H,32,33)(H,29,30,31). The Balaban J connectivity index is 1.65. The van der Waals surface area contributed by atoms with Gasteiger partial charge in [0.15, 0.2) is 5.16 Å². The fraction of sp³-hybridized carbons (Fsp3) is 0.308. The van der Waals surface area contributed by atoms with Gasteiger partial charge in [0.2, 0.25) is 0 Å². The third kappa shape index (κ3) is 7.75. The van der Waals surface area contributed by atoms with Crippen LogP contribution in [-0.2, 0) is 4.79 Å². The van der Waals surface area contributed by atoms with E-state index in [1.54, 1.807) is 18.2 Å². The molecule has 176 valence electrons. The molecule has 0 spiro atoms. The van der Waals surface area contributed by atoms with Crippen LogP contribution in [0.4, 0.5) is 11.5 Å². The van der Waals surface area contributed by atoms with Gasteiger partial charge < -0.3 is 10.4 Å². The molecule has 1 heterocycles. The first-order valence-electron chi connectivity index (χ1n) is 11.3. The number of benzene rings is 2. The molecular weight excluding hydrogens is 468 g/mol. The number of unbranched alkanes of at least 4 members (excludes halogenated alkanes) is 4. The van der Waals surface area contributed by atoms with E-state index in [2.05, 4.69) is 28.3 Å². The third-order valence-corrected chi connectivity index (χ3v) is 6.58. The monoisotopic (exact) mass is 494 g/mol. The quantitative estimate of drug-likeness (QED) is 0.118. The van der Waals surface area contributed by atoms with Crippen LogP contribution >= 0.6 is 23.4 Å². The predicted octanol–water partition coefficient (Wildman–Crippen LogP) is 7.32. The van der Waals surface area contributed by atoms with Crippen LogP contribution in [0.3, 0.4) is 0 Å². The number of carboxylic acid groups (broad SMARTS) is 1. The number of nitrogens with one attached hydrogen (secondary N) is 1. The highest BCUT2D eigenvalue weighted by Gasteiger charge is 2.20. The Hall–Kier alpha value is -3.08. The Morgan fingerprint density at radius 3 is 2.32 bits per heavy atom. The Kier molecular flexibility index (Phi) is 9.75. The van der Waals surface area contributed by atoms with E-state index >= 15 is 0 Å². The number of hydrogen-bond donors (Lipinski definition) is 2. The highest BCUT2D eigenvalue weighted by Crippen LogP contribution is 2.29. The molecule has 34 heavy (non-hydrogen) atoms. The number of carbonyl (C=O) groups is 1. The number of hydrogen-bond acceptors (Lipinski definition) is 6. The van der Waals surface area contributed by atoms with Gasteiger partial charge in [0.05, 0.1) is 11.6 Å². The highest BCUT2D eigenvalue weighted by atomic mass is 35.5. The van der Waals surface area contributed by atoms with Gasteiger partial charge in [0.1, 0.15) is 16.2 Å². The minimum absolute atomic E-state index is 0.251. The summed E-state index contributed by atoms with van der Waals surface area (Å²) < 4.78 is 0. The summed E-state index contributed by atoms with van der Waals surface area (Å²) in [7, 11) is 0. The zero-order chi connectivity index (χ0) is 24.3. The second-order valence-corrected chi connectivity index (χ2v) is 9.45. The fourth-order valence-electron chi connectivity index (χ4n) is 3.44. The molecular formula is C26H27ClN4O2S. The van der Waals surface area contributed by atoms with E-state index < -0.39 is 11.2 Å². The van der Waals surface area contributed by atoms with E-state index in [-0.39, 0.29) is 5.15 Å². The first-order chi connectivity index (χ1) is 16.5. The molecule has 0 aliphatic rings. The van der Waals surface area contributed by atoms with Crippen molar-refractivity contribution in [2.24, 2.45) is 0 Å². The van der Waals surface area contributed by atoms with Crippen LogP contribution in [0.2, 0.25) is 5.15 Å². The molecule has 0 bridgehead atoms. The van der Waals surface area contributed by atoms with Crippen molar-refractivity contribution < 1.29 is 9.90 Å². The van der Waals surface area contributed by atoms with Gasteiger partial charge >= 0.3 is 5.97 Å². The van der Waals surface area contributed by atoms with Gasteiger partial charge in [-0.25, -0.2) is 9.97 Å². The highest BCUT2D eigenvalue weighted by molar-refractivity contribution is 8.00. The van der Waals surface area contributed by atoms with Gasteiger partial charge in [0, 0.05) is 11.8 Å². The van der Waals surface area contributed by atoms with Gasteiger partial charge in [0.25, 0.3) is 0 Å². The first kappa shape index (κ1) is 25.5. The van der Waals surface area contributed by atoms with Gasteiger partial charge in [-0.3, -0.25) is 4.79 Å². The Bertz CT molecular complexity index is 1130. The molecule has 0 aliphatic carbocycles. The van der Waals surface area contributed by atoms with Crippen molar-refractivity contribution >= 4 is 40.8 Å². The number of rotatable bonds is 12. The number of aliphatic carboxylic acids is 1. The Morgan fingerprint density at radius 1 is 1.06 bits per heavy atom. The number of thioether (sulfide) groups is 1. The summed E-state index contributed by atoms with van der Waals surface area (Å²) in [5.41, 5.74) is 3.48. The van der Waals surface area contributed by atoms with Gasteiger partial charge in [-0.15, -0.1) is 0 Å². The molecule has 3 rings (SSSR count). The lowest BCUT2D eigenvalue weighted by Gasteiger charge is -2.13. The van der Waals surface area contributed by atoms with Gasteiger partial charge in [-0.1, -0.05) is 86.7 Å². The van der Waals surface area contributed by atoms with E-state index in [1.807, 2.05) is 36.4 Å².